The summed E-state index contributed by atoms with van der Waals surface area (Å²) in [4.78, 5) is 3.95. The number of halogens is 3. The fourth-order valence-electron chi connectivity index (χ4n) is 1.97. The summed E-state index contributed by atoms with van der Waals surface area (Å²) >= 11 is 0. The third-order valence-corrected chi connectivity index (χ3v) is 3.00. The van der Waals surface area contributed by atoms with Gasteiger partial charge in [-0.2, -0.15) is 4.98 Å². The lowest BCUT2D eigenvalue weighted by Gasteiger charge is -2.31. The normalized spacial score (nSPS) is 18.1. The molecule has 2 aromatic rings. The van der Waals surface area contributed by atoms with E-state index in [0.717, 1.165) is 0 Å². The molecule has 4 nitrogen and oxygen atoms in total. The van der Waals surface area contributed by atoms with Crippen LogP contribution >= 0.6 is 0 Å². The SMILES string of the molecule is Fc1ccccc1Nc1noc(C2CC(F)(F)C2)n1. The first kappa shape index (κ1) is 12.0. The molecule has 0 saturated heterocycles. The summed E-state index contributed by atoms with van der Waals surface area (Å²) in [6.07, 6.45) is -0.567. The highest BCUT2D eigenvalue weighted by atomic mass is 19.3. The molecule has 0 atom stereocenters. The third kappa shape index (κ3) is 2.40. The van der Waals surface area contributed by atoms with Crippen LogP contribution in [0.15, 0.2) is 28.8 Å². The molecular weight excluding hydrogens is 259 g/mol. The smallest absolute Gasteiger partial charge is 0.267 e. The van der Waals surface area contributed by atoms with Gasteiger partial charge in [0.1, 0.15) is 5.82 Å². The van der Waals surface area contributed by atoms with Crippen LogP contribution in [0.3, 0.4) is 0 Å². The van der Waals surface area contributed by atoms with Crippen molar-refractivity contribution in [2.24, 2.45) is 0 Å². The Balaban J connectivity index is 1.71. The number of rotatable bonds is 3. The first-order valence-corrected chi connectivity index (χ1v) is 5.76. The van der Waals surface area contributed by atoms with E-state index in [9.17, 15) is 13.2 Å². The number of nitrogens with zero attached hydrogens (tertiary/aromatic N) is 2. The fraction of sp³-hybridized carbons (Fsp3) is 0.333. The van der Waals surface area contributed by atoms with Gasteiger partial charge >= 0.3 is 0 Å². The second kappa shape index (κ2) is 4.25. The summed E-state index contributed by atoms with van der Waals surface area (Å²) in [7, 11) is 0. The summed E-state index contributed by atoms with van der Waals surface area (Å²) in [6, 6.07) is 6.01. The minimum absolute atomic E-state index is 0.0651. The molecule has 3 rings (SSSR count). The van der Waals surface area contributed by atoms with Crippen molar-refractivity contribution in [1.82, 2.24) is 10.1 Å². The second-order valence-electron chi connectivity index (χ2n) is 4.52. The summed E-state index contributed by atoms with van der Waals surface area (Å²) in [5, 5.41) is 6.23. The number of nitrogens with one attached hydrogen (secondary N) is 1. The second-order valence-corrected chi connectivity index (χ2v) is 4.52. The van der Waals surface area contributed by atoms with Crippen LogP contribution in [-0.2, 0) is 0 Å². The molecule has 1 N–H and O–H groups in total. The van der Waals surface area contributed by atoms with Crippen molar-refractivity contribution in [2.45, 2.75) is 24.7 Å². The first-order chi connectivity index (χ1) is 9.03. The zero-order valence-corrected chi connectivity index (χ0v) is 9.74. The Kier molecular flexibility index (Phi) is 2.69. The molecule has 0 radical (unpaired) electrons. The molecule has 19 heavy (non-hydrogen) atoms. The van der Waals surface area contributed by atoms with Gasteiger partial charge in [0, 0.05) is 18.8 Å². The standard InChI is InChI=1S/C12H10F3N3O/c13-8-3-1-2-4-9(8)16-11-17-10(19-18-11)7-5-12(14,15)6-7/h1-4,7H,5-6H2,(H,16,18). The van der Waals surface area contributed by atoms with Gasteiger partial charge in [-0.3, -0.25) is 0 Å². The minimum Gasteiger partial charge on any atom is -0.337 e. The number of benzene rings is 1. The highest BCUT2D eigenvalue weighted by molar-refractivity contribution is 5.53. The number of hydrogen-bond donors (Lipinski definition) is 1. The predicted molar refractivity (Wildman–Crippen MR) is 60.9 cm³/mol. The quantitative estimate of drug-likeness (QED) is 0.927. The molecule has 0 bridgehead atoms. The van der Waals surface area contributed by atoms with Gasteiger partial charge in [0.25, 0.3) is 5.95 Å². The highest BCUT2D eigenvalue weighted by Gasteiger charge is 2.48. The summed E-state index contributed by atoms with van der Waals surface area (Å²) < 4.78 is 43.7. The summed E-state index contributed by atoms with van der Waals surface area (Å²) in [6.45, 7) is 0. The number of aromatic nitrogens is 2. The molecule has 0 aliphatic heterocycles. The van der Waals surface area contributed by atoms with Crippen molar-refractivity contribution in [3.8, 4) is 0 Å². The number of anilines is 2. The molecule has 1 aliphatic carbocycles. The Labute approximate surface area is 106 Å². The van der Waals surface area contributed by atoms with Crippen molar-refractivity contribution < 1.29 is 17.7 Å². The average molecular weight is 269 g/mol. The van der Waals surface area contributed by atoms with Crippen LogP contribution in [-0.4, -0.2) is 16.1 Å². The van der Waals surface area contributed by atoms with Crippen LogP contribution in [0.2, 0.25) is 0 Å². The van der Waals surface area contributed by atoms with Gasteiger partial charge in [0.15, 0.2) is 0 Å². The van der Waals surface area contributed by atoms with E-state index in [1.807, 2.05) is 0 Å². The van der Waals surface area contributed by atoms with Gasteiger partial charge in [-0.25, -0.2) is 13.2 Å². The summed E-state index contributed by atoms with van der Waals surface area (Å²) in [5.74, 6) is -3.29. The maximum absolute atomic E-state index is 13.4. The molecule has 1 fully saturated rings. The van der Waals surface area contributed by atoms with E-state index in [2.05, 4.69) is 15.5 Å². The Morgan fingerprint density at radius 3 is 2.68 bits per heavy atom. The van der Waals surface area contributed by atoms with E-state index < -0.39 is 17.7 Å². The third-order valence-electron chi connectivity index (χ3n) is 3.00. The largest absolute Gasteiger partial charge is 0.337 e. The Morgan fingerprint density at radius 1 is 1.26 bits per heavy atom. The number of alkyl halides is 2. The molecule has 0 amide bonds. The average Bonchev–Trinajstić information content (AvgIpc) is 2.77. The van der Waals surface area contributed by atoms with E-state index >= 15 is 0 Å². The highest BCUT2D eigenvalue weighted by Crippen LogP contribution is 2.47. The monoisotopic (exact) mass is 269 g/mol. The fourth-order valence-corrected chi connectivity index (χ4v) is 1.97. The molecule has 1 aliphatic rings. The zero-order chi connectivity index (χ0) is 13.5. The molecule has 100 valence electrons. The van der Waals surface area contributed by atoms with Crippen LogP contribution < -0.4 is 5.32 Å². The Hall–Kier alpha value is -2.05. The van der Waals surface area contributed by atoms with Crippen LogP contribution in [0.5, 0.6) is 0 Å². The Morgan fingerprint density at radius 2 is 2.00 bits per heavy atom. The minimum atomic E-state index is -2.64. The van der Waals surface area contributed by atoms with E-state index in [0.29, 0.717) is 0 Å². The van der Waals surface area contributed by atoms with Gasteiger partial charge < -0.3 is 9.84 Å². The molecule has 0 spiro atoms. The Bertz CT molecular complexity index is 591. The lowest BCUT2D eigenvalue weighted by atomic mass is 9.81. The van der Waals surface area contributed by atoms with Gasteiger partial charge in [-0.05, 0) is 17.3 Å². The first-order valence-electron chi connectivity index (χ1n) is 5.76. The molecular formula is C12H10F3N3O. The van der Waals surface area contributed by atoms with Crippen molar-refractivity contribution >= 4 is 11.6 Å². The topological polar surface area (TPSA) is 51.0 Å². The van der Waals surface area contributed by atoms with Crippen LogP contribution in [0, 0.1) is 5.82 Å². The number of hydrogen-bond acceptors (Lipinski definition) is 4. The molecule has 0 unspecified atom stereocenters. The van der Waals surface area contributed by atoms with E-state index in [4.69, 9.17) is 4.52 Å². The van der Waals surface area contributed by atoms with E-state index in [1.54, 1.807) is 12.1 Å². The predicted octanol–water partition coefficient (Wildman–Crippen LogP) is 3.47. The number of para-hydroxylation sites is 1. The van der Waals surface area contributed by atoms with Crippen LogP contribution in [0.25, 0.3) is 0 Å². The van der Waals surface area contributed by atoms with Gasteiger partial charge in [0.05, 0.1) is 5.69 Å². The molecule has 1 aromatic heterocycles. The molecule has 1 aromatic carbocycles. The van der Waals surface area contributed by atoms with Crippen molar-refractivity contribution in [1.29, 1.82) is 0 Å². The van der Waals surface area contributed by atoms with E-state index in [1.165, 1.54) is 12.1 Å². The van der Waals surface area contributed by atoms with Crippen LogP contribution in [0.4, 0.5) is 24.8 Å². The van der Waals surface area contributed by atoms with Crippen LogP contribution in [0.1, 0.15) is 24.7 Å². The van der Waals surface area contributed by atoms with Gasteiger partial charge in [-0.15, -0.1) is 0 Å². The lowest BCUT2D eigenvalue weighted by molar-refractivity contribution is -0.0925. The zero-order valence-electron chi connectivity index (χ0n) is 9.74. The molecule has 1 heterocycles. The maximum atomic E-state index is 13.4. The maximum Gasteiger partial charge on any atom is 0.267 e. The van der Waals surface area contributed by atoms with Crippen molar-refractivity contribution in [3.63, 3.8) is 0 Å². The van der Waals surface area contributed by atoms with E-state index in [-0.39, 0.29) is 30.4 Å². The molecule has 1 saturated carbocycles. The lowest BCUT2D eigenvalue weighted by Crippen LogP contribution is -2.33. The van der Waals surface area contributed by atoms with Crippen molar-refractivity contribution in [2.75, 3.05) is 5.32 Å². The van der Waals surface area contributed by atoms with Gasteiger partial charge in [0.2, 0.25) is 11.8 Å². The van der Waals surface area contributed by atoms with Crippen molar-refractivity contribution in [3.05, 3.63) is 36.0 Å². The van der Waals surface area contributed by atoms with Gasteiger partial charge in [-0.1, -0.05) is 12.1 Å². The molecule has 7 heteroatoms. The summed E-state index contributed by atoms with van der Waals surface area (Å²) in [5.41, 5.74) is 0.203.